The minimum atomic E-state index is -3.26. The molecule has 2 saturated heterocycles. The van der Waals surface area contributed by atoms with Crippen molar-refractivity contribution in [2.24, 2.45) is 11.8 Å². The van der Waals surface area contributed by atoms with Gasteiger partial charge in [0.25, 0.3) is 0 Å². The van der Waals surface area contributed by atoms with Crippen molar-refractivity contribution in [3.63, 3.8) is 0 Å². The van der Waals surface area contributed by atoms with Crippen LogP contribution in [-0.4, -0.2) is 43.5 Å². The Balaban J connectivity index is 1.56. The lowest BCUT2D eigenvalue weighted by molar-refractivity contribution is 0.261. The zero-order valence-electron chi connectivity index (χ0n) is 15.7. The van der Waals surface area contributed by atoms with E-state index in [0.29, 0.717) is 18.0 Å². The Kier molecular flexibility index (Phi) is 4.82. The van der Waals surface area contributed by atoms with Gasteiger partial charge in [-0.3, -0.25) is 4.90 Å². The molecule has 2 heterocycles. The summed E-state index contributed by atoms with van der Waals surface area (Å²) >= 11 is 0. The second kappa shape index (κ2) is 7.00. The molecule has 2 aliphatic rings. The summed E-state index contributed by atoms with van der Waals surface area (Å²) in [6.45, 7) is 4.85. The van der Waals surface area contributed by atoms with Gasteiger partial charge in [0.05, 0.1) is 12.3 Å². The van der Waals surface area contributed by atoms with Crippen molar-refractivity contribution in [3.8, 4) is 0 Å². The average molecular weight is 389 g/mol. The molecule has 0 aliphatic carbocycles. The lowest BCUT2D eigenvalue weighted by atomic mass is 9.90. The standard InChI is InChI=1S/C21H25FN2O2S/c1-15-10-16(8-9-20(15)22)11-23-12-18-13-24(27(2,25)26)21(19(18)14-23)17-6-4-3-5-7-17/h3-10,18-19,21H,11-14H2,1-2H3/t18-,19-,21+/m1/s1. The number of sulfonamides is 1. The number of nitrogens with zero attached hydrogens (tertiary/aromatic N) is 2. The highest BCUT2D eigenvalue weighted by Crippen LogP contribution is 2.46. The normalized spacial score (nSPS) is 26.4. The molecule has 2 aliphatic heterocycles. The fourth-order valence-electron chi connectivity index (χ4n) is 4.70. The molecule has 3 atom stereocenters. The Morgan fingerprint density at radius 3 is 2.48 bits per heavy atom. The van der Waals surface area contributed by atoms with Crippen LogP contribution in [0.5, 0.6) is 0 Å². The molecule has 144 valence electrons. The number of aryl methyl sites for hydroxylation is 1. The van der Waals surface area contributed by atoms with Crippen molar-refractivity contribution in [1.29, 1.82) is 0 Å². The van der Waals surface area contributed by atoms with E-state index in [1.54, 1.807) is 11.2 Å². The zero-order valence-corrected chi connectivity index (χ0v) is 16.5. The van der Waals surface area contributed by atoms with Crippen LogP contribution in [0, 0.1) is 24.6 Å². The SMILES string of the molecule is Cc1cc(CN2C[C@@H]3CN(S(C)(=O)=O)[C@@H](c4ccccc4)[C@@H]3C2)ccc1F. The molecule has 2 aromatic carbocycles. The Morgan fingerprint density at radius 1 is 1.07 bits per heavy atom. The molecule has 4 rings (SSSR count). The molecule has 0 unspecified atom stereocenters. The lowest BCUT2D eigenvalue weighted by Gasteiger charge is -2.28. The smallest absolute Gasteiger partial charge is 0.211 e. The number of rotatable bonds is 4. The monoisotopic (exact) mass is 388 g/mol. The van der Waals surface area contributed by atoms with Crippen molar-refractivity contribution in [2.45, 2.75) is 19.5 Å². The molecule has 0 spiro atoms. The van der Waals surface area contributed by atoms with Crippen LogP contribution < -0.4 is 0 Å². The van der Waals surface area contributed by atoms with Crippen molar-refractivity contribution < 1.29 is 12.8 Å². The first-order valence-corrected chi connectivity index (χ1v) is 11.2. The summed E-state index contributed by atoms with van der Waals surface area (Å²) in [7, 11) is -3.26. The Labute approximate surface area is 160 Å². The number of benzene rings is 2. The highest BCUT2D eigenvalue weighted by Gasteiger charge is 2.50. The Bertz CT molecular complexity index is 932. The first-order chi connectivity index (χ1) is 12.8. The number of likely N-dealkylation sites (tertiary alicyclic amines) is 1. The van der Waals surface area contributed by atoms with Crippen LogP contribution in [0.15, 0.2) is 48.5 Å². The van der Waals surface area contributed by atoms with E-state index in [1.165, 1.54) is 12.3 Å². The van der Waals surface area contributed by atoms with Crippen LogP contribution in [0.3, 0.4) is 0 Å². The maximum Gasteiger partial charge on any atom is 0.211 e. The summed E-state index contributed by atoms with van der Waals surface area (Å²) in [5.74, 6) is 0.431. The van der Waals surface area contributed by atoms with Gasteiger partial charge in [-0.05, 0) is 41.5 Å². The van der Waals surface area contributed by atoms with Gasteiger partial charge in [0.1, 0.15) is 5.82 Å². The van der Waals surface area contributed by atoms with E-state index in [-0.39, 0.29) is 17.8 Å². The van der Waals surface area contributed by atoms with Crippen molar-refractivity contribution in [1.82, 2.24) is 9.21 Å². The van der Waals surface area contributed by atoms with E-state index in [4.69, 9.17) is 0 Å². The van der Waals surface area contributed by atoms with E-state index in [1.807, 2.05) is 42.5 Å². The van der Waals surface area contributed by atoms with Gasteiger partial charge in [-0.1, -0.05) is 42.5 Å². The van der Waals surface area contributed by atoms with Gasteiger partial charge in [-0.15, -0.1) is 0 Å². The summed E-state index contributed by atoms with van der Waals surface area (Å²) in [6, 6.07) is 15.1. The number of halogens is 1. The predicted molar refractivity (Wildman–Crippen MR) is 104 cm³/mol. The van der Waals surface area contributed by atoms with Gasteiger partial charge in [0.15, 0.2) is 0 Å². The maximum absolute atomic E-state index is 13.5. The quantitative estimate of drug-likeness (QED) is 0.808. The highest BCUT2D eigenvalue weighted by atomic mass is 32.2. The van der Waals surface area contributed by atoms with Gasteiger partial charge in [0, 0.05) is 26.2 Å². The Morgan fingerprint density at radius 2 is 1.81 bits per heavy atom. The average Bonchev–Trinajstić information content (AvgIpc) is 3.16. The first kappa shape index (κ1) is 18.6. The minimum Gasteiger partial charge on any atom is -0.298 e. The van der Waals surface area contributed by atoms with Gasteiger partial charge in [0.2, 0.25) is 10.0 Å². The number of fused-ring (bicyclic) bond motifs is 1. The molecule has 0 N–H and O–H groups in total. The number of hydrogen-bond acceptors (Lipinski definition) is 3. The second-order valence-electron chi connectivity index (χ2n) is 7.89. The van der Waals surface area contributed by atoms with Gasteiger partial charge >= 0.3 is 0 Å². The molecule has 4 nitrogen and oxygen atoms in total. The summed E-state index contributed by atoms with van der Waals surface area (Å²) in [4.78, 5) is 2.37. The fourth-order valence-corrected chi connectivity index (χ4v) is 5.85. The molecule has 6 heteroatoms. The van der Waals surface area contributed by atoms with Crippen LogP contribution in [0.1, 0.15) is 22.7 Å². The summed E-state index contributed by atoms with van der Waals surface area (Å²) in [5.41, 5.74) is 2.83. The summed E-state index contributed by atoms with van der Waals surface area (Å²) in [6.07, 6.45) is 1.31. The topological polar surface area (TPSA) is 40.6 Å². The summed E-state index contributed by atoms with van der Waals surface area (Å²) in [5, 5.41) is 0. The third-order valence-corrected chi connectivity index (χ3v) is 7.12. The van der Waals surface area contributed by atoms with Crippen LogP contribution >= 0.6 is 0 Å². The predicted octanol–water partition coefficient (Wildman–Crippen LogP) is 3.20. The third kappa shape index (κ3) is 3.66. The molecule has 27 heavy (non-hydrogen) atoms. The van der Waals surface area contributed by atoms with E-state index in [2.05, 4.69) is 4.90 Å². The molecule has 0 radical (unpaired) electrons. The number of hydrogen-bond donors (Lipinski definition) is 0. The second-order valence-corrected chi connectivity index (χ2v) is 9.82. The van der Waals surface area contributed by atoms with Crippen molar-refractivity contribution >= 4 is 10.0 Å². The maximum atomic E-state index is 13.5. The first-order valence-electron chi connectivity index (χ1n) is 9.32. The van der Waals surface area contributed by atoms with Crippen molar-refractivity contribution in [2.75, 3.05) is 25.9 Å². The minimum absolute atomic E-state index is 0.105. The largest absolute Gasteiger partial charge is 0.298 e. The summed E-state index contributed by atoms with van der Waals surface area (Å²) < 4.78 is 39.9. The van der Waals surface area contributed by atoms with Crippen LogP contribution in [0.4, 0.5) is 4.39 Å². The van der Waals surface area contributed by atoms with E-state index >= 15 is 0 Å². The highest BCUT2D eigenvalue weighted by molar-refractivity contribution is 7.88. The molecule has 0 bridgehead atoms. The molecular weight excluding hydrogens is 363 g/mol. The Hall–Kier alpha value is -1.76. The van der Waals surface area contributed by atoms with E-state index in [0.717, 1.165) is 30.8 Å². The fraction of sp³-hybridized carbons (Fsp3) is 0.429. The van der Waals surface area contributed by atoms with Gasteiger partial charge < -0.3 is 0 Å². The zero-order chi connectivity index (χ0) is 19.2. The van der Waals surface area contributed by atoms with Crippen LogP contribution in [-0.2, 0) is 16.6 Å². The molecule has 0 aromatic heterocycles. The van der Waals surface area contributed by atoms with Gasteiger partial charge in [-0.25, -0.2) is 12.8 Å². The van der Waals surface area contributed by atoms with Gasteiger partial charge in [-0.2, -0.15) is 4.31 Å². The molecular formula is C21H25FN2O2S. The van der Waals surface area contributed by atoms with E-state index < -0.39 is 10.0 Å². The molecule has 0 amide bonds. The van der Waals surface area contributed by atoms with Crippen molar-refractivity contribution in [3.05, 3.63) is 71.0 Å². The molecule has 2 fully saturated rings. The lowest BCUT2D eigenvalue weighted by Crippen LogP contribution is -2.34. The van der Waals surface area contributed by atoms with Crippen LogP contribution in [0.2, 0.25) is 0 Å². The molecule has 2 aromatic rings. The third-order valence-electron chi connectivity index (χ3n) is 5.89. The van der Waals surface area contributed by atoms with E-state index in [9.17, 15) is 12.8 Å². The van der Waals surface area contributed by atoms with Crippen LogP contribution in [0.25, 0.3) is 0 Å². The molecule has 0 saturated carbocycles.